The lowest BCUT2D eigenvalue weighted by molar-refractivity contribution is -0.301. The summed E-state index contributed by atoms with van der Waals surface area (Å²) in [6.07, 6.45) is 0. The van der Waals surface area contributed by atoms with E-state index in [1.54, 1.807) is 13.0 Å². The van der Waals surface area contributed by atoms with Gasteiger partial charge in [0.25, 0.3) is 0 Å². The average Bonchev–Trinajstić information content (AvgIpc) is 2.26. The first-order valence-corrected chi connectivity index (χ1v) is 5.79. The number of pyridine rings is 1. The van der Waals surface area contributed by atoms with Crippen LogP contribution in [0.4, 0.5) is 0 Å². The minimum Gasteiger partial charge on any atom is -0.549 e. The van der Waals surface area contributed by atoms with E-state index in [0.29, 0.717) is 22.8 Å². The summed E-state index contributed by atoms with van der Waals surface area (Å²) in [5.74, 6) is -1.41. The fourth-order valence-corrected chi connectivity index (χ4v) is 2.11. The van der Waals surface area contributed by atoms with Crippen molar-refractivity contribution in [3.8, 4) is 6.07 Å². The maximum Gasteiger partial charge on any atom is 0.115 e. The highest BCUT2D eigenvalue weighted by atomic mass is 32.2. The first-order valence-electron chi connectivity index (χ1n) is 4.80. The SMILES string of the molecule is COCc1cc(C)nc(SCC(=O)[O-])c1C#N. The minimum atomic E-state index is -1.18. The first-order chi connectivity index (χ1) is 8.08. The number of thioether (sulfide) groups is 1. The maximum absolute atomic E-state index is 10.4. The van der Waals surface area contributed by atoms with Crippen molar-refractivity contribution in [2.24, 2.45) is 0 Å². The second-order valence-corrected chi connectivity index (χ2v) is 4.27. The van der Waals surface area contributed by atoms with E-state index in [9.17, 15) is 9.90 Å². The average molecular weight is 251 g/mol. The minimum absolute atomic E-state index is 0.225. The Morgan fingerprint density at radius 2 is 2.41 bits per heavy atom. The topological polar surface area (TPSA) is 86.0 Å². The van der Waals surface area contributed by atoms with Crippen LogP contribution in [0.3, 0.4) is 0 Å². The van der Waals surface area contributed by atoms with Crippen molar-refractivity contribution in [3.63, 3.8) is 0 Å². The summed E-state index contributed by atoms with van der Waals surface area (Å²) in [4.78, 5) is 14.6. The molecule has 0 bridgehead atoms. The molecule has 1 aromatic rings. The second kappa shape index (κ2) is 6.23. The summed E-state index contributed by atoms with van der Waals surface area (Å²) in [6.45, 7) is 2.08. The van der Waals surface area contributed by atoms with Crippen molar-refractivity contribution in [2.45, 2.75) is 18.6 Å². The van der Waals surface area contributed by atoms with E-state index in [1.165, 1.54) is 7.11 Å². The molecule has 0 aliphatic rings. The largest absolute Gasteiger partial charge is 0.549 e. The van der Waals surface area contributed by atoms with Crippen LogP contribution in [0.15, 0.2) is 11.1 Å². The molecule has 0 spiro atoms. The normalized spacial score (nSPS) is 9.94. The van der Waals surface area contributed by atoms with Gasteiger partial charge in [0, 0.05) is 18.6 Å². The van der Waals surface area contributed by atoms with Gasteiger partial charge < -0.3 is 14.6 Å². The van der Waals surface area contributed by atoms with E-state index in [2.05, 4.69) is 4.98 Å². The molecule has 0 amide bonds. The number of aryl methyl sites for hydroxylation is 1. The molecular formula is C11H11N2O3S-. The monoisotopic (exact) mass is 251 g/mol. The lowest BCUT2D eigenvalue weighted by Gasteiger charge is -2.09. The van der Waals surface area contributed by atoms with E-state index in [4.69, 9.17) is 10.00 Å². The second-order valence-electron chi connectivity index (χ2n) is 3.31. The molecule has 17 heavy (non-hydrogen) atoms. The van der Waals surface area contributed by atoms with Crippen LogP contribution in [0, 0.1) is 18.3 Å². The number of carbonyl (C=O) groups is 1. The number of ether oxygens (including phenoxy) is 1. The first kappa shape index (κ1) is 13.5. The Bertz CT molecular complexity index is 469. The molecule has 0 fully saturated rings. The van der Waals surface area contributed by atoms with Gasteiger partial charge >= 0.3 is 0 Å². The number of aromatic nitrogens is 1. The Balaban J connectivity index is 3.10. The molecule has 0 aromatic carbocycles. The summed E-state index contributed by atoms with van der Waals surface area (Å²) >= 11 is 0.983. The number of nitriles is 1. The molecular weight excluding hydrogens is 240 g/mol. The summed E-state index contributed by atoms with van der Waals surface area (Å²) in [5, 5.41) is 19.9. The van der Waals surface area contributed by atoms with Crippen LogP contribution in [-0.2, 0) is 16.1 Å². The number of carboxylic acid groups (broad SMARTS) is 1. The standard InChI is InChI=1S/C11H12N2O3S/c1-7-3-8(5-16-2)9(4-12)11(13-7)17-6-10(14)15/h3H,5-6H2,1-2H3,(H,14,15)/p-1. The van der Waals surface area contributed by atoms with Crippen molar-refractivity contribution in [2.75, 3.05) is 12.9 Å². The zero-order valence-electron chi connectivity index (χ0n) is 9.52. The van der Waals surface area contributed by atoms with Gasteiger partial charge in [0.05, 0.1) is 18.1 Å². The van der Waals surface area contributed by atoms with E-state index >= 15 is 0 Å². The molecule has 0 saturated carbocycles. The van der Waals surface area contributed by atoms with Crippen LogP contribution in [0.1, 0.15) is 16.8 Å². The fraction of sp³-hybridized carbons (Fsp3) is 0.364. The zero-order chi connectivity index (χ0) is 12.8. The molecule has 1 heterocycles. The van der Waals surface area contributed by atoms with Gasteiger partial charge in [-0.05, 0) is 18.6 Å². The summed E-state index contributed by atoms with van der Waals surface area (Å²) < 4.78 is 4.99. The molecule has 1 rings (SSSR count). The van der Waals surface area contributed by atoms with Crippen LogP contribution in [0.5, 0.6) is 0 Å². The molecule has 1 aromatic heterocycles. The number of carboxylic acids is 1. The lowest BCUT2D eigenvalue weighted by Crippen LogP contribution is -2.24. The van der Waals surface area contributed by atoms with Gasteiger partial charge in [0.2, 0.25) is 0 Å². The Kier molecular flexibility index (Phi) is 4.94. The zero-order valence-corrected chi connectivity index (χ0v) is 10.3. The maximum atomic E-state index is 10.4. The van der Waals surface area contributed by atoms with Gasteiger partial charge in [-0.3, -0.25) is 0 Å². The number of methoxy groups -OCH3 is 1. The lowest BCUT2D eigenvalue weighted by atomic mass is 10.1. The highest BCUT2D eigenvalue weighted by molar-refractivity contribution is 7.99. The summed E-state index contributed by atoms with van der Waals surface area (Å²) in [7, 11) is 1.53. The Morgan fingerprint density at radius 1 is 1.71 bits per heavy atom. The van der Waals surface area contributed by atoms with Gasteiger partial charge in [0.1, 0.15) is 11.1 Å². The smallest absolute Gasteiger partial charge is 0.115 e. The third-order valence-electron chi connectivity index (χ3n) is 1.93. The van der Waals surface area contributed by atoms with Crippen LogP contribution >= 0.6 is 11.8 Å². The molecule has 90 valence electrons. The molecule has 6 heteroatoms. The van der Waals surface area contributed by atoms with Crippen LogP contribution in [0.2, 0.25) is 0 Å². The van der Waals surface area contributed by atoms with Crippen molar-refractivity contribution in [3.05, 3.63) is 22.9 Å². The molecule has 0 radical (unpaired) electrons. The van der Waals surface area contributed by atoms with E-state index in [0.717, 1.165) is 17.5 Å². The number of hydrogen-bond donors (Lipinski definition) is 0. The molecule has 0 atom stereocenters. The Morgan fingerprint density at radius 3 is 2.94 bits per heavy atom. The van der Waals surface area contributed by atoms with E-state index < -0.39 is 5.97 Å². The predicted octanol–water partition coefficient (Wildman–Crippen LogP) is 0.250. The van der Waals surface area contributed by atoms with Gasteiger partial charge in [-0.15, -0.1) is 0 Å². The third kappa shape index (κ3) is 3.73. The molecule has 0 saturated heterocycles. The van der Waals surface area contributed by atoms with Crippen LogP contribution < -0.4 is 5.11 Å². The van der Waals surface area contributed by atoms with E-state index in [1.807, 2.05) is 6.07 Å². The molecule has 0 unspecified atom stereocenters. The summed E-state index contributed by atoms with van der Waals surface area (Å²) in [6, 6.07) is 3.78. The number of carbonyl (C=O) groups excluding carboxylic acids is 1. The summed E-state index contributed by atoms with van der Waals surface area (Å²) in [5.41, 5.74) is 1.80. The fourth-order valence-electron chi connectivity index (χ4n) is 1.33. The third-order valence-corrected chi connectivity index (χ3v) is 2.88. The van der Waals surface area contributed by atoms with Gasteiger partial charge in [-0.25, -0.2) is 4.98 Å². The van der Waals surface area contributed by atoms with Crippen molar-refractivity contribution in [1.29, 1.82) is 5.26 Å². The van der Waals surface area contributed by atoms with Gasteiger partial charge in [0.15, 0.2) is 0 Å². The number of aliphatic carboxylic acids is 1. The van der Waals surface area contributed by atoms with E-state index in [-0.39, 0.29) is 5.75 Å². The highest BCUT2D eigenvalue weighted by Crippen LogP contribution is 2.24. The molecule has 0 N–H and O–H groups in total. The number of nitrogens with zero attached hydrogens (tertiary/aromatic N) is 2. The van der Waals surface area contributed by atoms with Gasteiger partial charge in [-0.1, -0.05) is 11.8 Å². The molecule has 0 aliphatic carbocycles. The van der Waals surface area contributed by atoms with Crippen LogP contribution in [0.25, 0.3) is 0 Å². The number of hydrogen-bond acceptors (Lipinski definition) is 6. The van der Waals surface area contributed by atoms with Crippen molar-refractivity contribution < 1.29 is 14.6 Å². The quantitative estimate of drug-likeness (QED) is 0.697. The highest BCUT2D eigenvalue weighted by Gasteiger charge is 2.11. The van der Waals surface area contributed by atoms with Crippen molar-refractivity contribution in [1.82, 2.24) is 4.98 Å². The van der Waals surface area contributed by atoms with Gasteiger partial charge in [-0.2, -0.15) is 5.26 Å². The number of rotatable bonds is 5. The predicted molar refractivity (Wildman–Crippen MR) is 60.1 cm³/mol. The molecule has 5 nitrogen and oxygen atoms in total. The Hall–Kier alpha value is -1.58. The molecule has 0 aliphatic heterocycles. The van der Waals surface area contributed by atoms with Crippen molar-refractivity contribution >= 4 is 17.7 Å². The van der Waals surface area contributed by atoms with Crippen LogP contribution in [-0.4, -0.2) is 23.8 Å². The Labute approximate surface area is 103 Å².